The summed E-state index contributed by atoms with van der Waals surface area (Å²) >= 11 is 0. The largest absolute Gasteiger partial charge is 0.480 e. The van der Waals surface area contributed by atoms with E-state index in [9.17, 15) is 14.7 Å². The van der Waals surface area contributed by atoms with Crippen molar-refractivity contribution in [1.82, 2.24) is 5.32 Å². The van der Waals surface area contributed by atoms with Gasteiger partial charge in [-0.05, 0) is 11.5 Å². The maximum Gasteiger partial charge on any atom is 0.326 e. The maximum atomic E-state index is 11.9. The third kappa shape index (κ3) is 4.66. The number of carboxylic acids is 1. The van der Waals surface area contributed by atoms with Crippen LogP contribution in [-0.4, -0.2) is 29.1 Å². The number of nitrogens with one attached hydrogen (secondary N) is 1. The zero-order valence-corrected chi connectivity index (χ0v) is 11.9. The van der Waals surface area contributed by atoms with Gasteiger partial charge < -0.3 is 16.2 Å². The van der Waals surface area contributed by atoms with E-state index in [0.717, 1.165) is 12.0 Å². The number of carbonyl (C=O) groups excluding carboxylic acids is 1. The number of carbonyl (C=O) groups is 2. The summed E-state index contributed by atoms with van der Waals surface area (Å²) in [5.74, 6) is -1.46. The van der Waals surface area contributed by atoms with Gasteiger partial charge in [0.15, 0.2) is 0 Å². The molecule has 3 atom stereocenters. The fourth-order valence-corrected chi connectivity index (χ4v) is 1.83. The van der Waals surface area contributed by atoms with Crippen LogP contribution in [0.2, 0.25) is 0 Å². The zero-order chi connectivity index (χ0) is 15.1. The number of nitrogens with two attached hydrogens (primary N) is 1. The second-order valence-corrected chi connectivity index (χ2v) is 5.00. The zero-order valence-electron chi connectivity index (χ0n) is 11.9. The van der Waals surface area contributed by atoms with Crippen LogP contribution in [0.1, 0.15) is 25.8 Å². The van der Waals surface area contributed by atoms with E-state index in [-0.39, 0.29) is 12.3 Å². The van der Waals surface area contributed by atoms with Gasteiger partial charge >= 0.3 is 5.97 Å². The summed E-state index contributed by atoms with van der Waals surface area (Å²) < 4.78 is 0. The number of rotatable bonds is 7. The number of amides is 1. The van der Waals surface area contributed by atoms with Gasteiger partial charge in [-0.1, -0.05) is 50.6 Å². The van der Waals surface area contributed by atoms with Gasteiger partial charge in [-0.15, -0.1) is 0 Å². The first-order valence-corrected chi connectivity index (χ1v) is 6.78. The van der Waals surface area contributed by atoms with Crippen LogP contribution in [0.3, 0.4) is 0 Å². The van der Waals surface area contributed by atoms with Crippen molar-refractivity contribution in [2.75, 3.05) is 0 Å². The molecule has 1 aromatic carbocycles. The molecule has 1 rings (SSSR count). The number of hydrogen-bond acceptors (Lipinski definition) is 3. The van der Waals surface area contributed by atoms with E-state index in [1.807, 2.05) is 44.2 Å². The Hall–Kier alpha value is -1.88. The molecule has 0 saturated heterocycles. The van der Waals surface area contributed by atoms with Crippen molar-refractivity contribution in [2.45, 2.75) is 38.8 Å². The van der Waals surface area contributed by atoms with Gasteiger partial charge in [0.05, 0.1) is 6.04 Å². The molecule has 1 aromatic rings. The molecular weight excluding hydrogens is 256 g/mol. The minimum atomic E-state index is -1.06. The summed E-state index contributed by atoms with van der Waals surface area (Å²) in [5.41, 5.74) is 6.67. The van der Waals surface area contributed by atoms with Gasteiger partial charge in [-0.2, -0.15) is 0 Å². The molecule has 0 aliphatic heterocycles. The topological polar surface area (TPSA) is 92.4 Å². The van der Waals surface area contributed by atoms with E-state index in [1.54, 1.807) is 0 Å². The molecule has 20 heavy (non-hydrogen) atoms. The molecule has 0 spiro atoms. The van der Waals surface area contributed by atoms with Crippen molar-refractivity contribution in [3.63, 3.8) is 0 Å². The highest BCUT2D eigenvalue weighted by molar-refractivity contribution is 5.87. The molecule has 0 aliphatic carbocycles. The van der Waals surface area contributed by atoms with Crippen molar-refractivity contribution in [2.24, 2.45) is 11.7 Å². The highest BCUT2D eigenvalue weighted by Gasteiger charge is 2.25. The average molecular weight is 278 g/mol. The highest BCUT2D eigenvalue weighted by Crippen LogP contribution is 2.07. The van der Waals surface area contributed by atoms with Gasteiger partial charge in [0.2, 0.25) is 5.91 Å². The molecule has 0 bridgehead atoms. The maximum absolute atomic E-state index is 11.9. The Morgan fingerprint density at radius 2 is 1.90 bits per heavy atom. The van der Waals surface area contributed by atoms with Crippen LogP contribution in [-0.2, 0) is 16.0 Å². The first kappa shape index (κ1) is 16.2. The molecular formula is C15H22N2O3. The van der Waals surface area contributed by atoms with Crippen LogP contribution >= 0.6 is 0 Å². The Morgan fingerprint density at radius 1 is 1.30 bits per heavy atom. The van der Waals surface area contributed by atoms with Crippen LogP contribution < -0.4 is 11.1 Å². The Bertz CT molecular complexity index is 448. The quantitative estimate of drug-likeness (QED) is 0.698. The van der Waals surface area contributed by atoms with Crippen LogP contribution in [0.15, 0.2) is 30.3 Å². The van der Waals surface area contributed by atoms with E-state index in [0.29, 0.717) is 0 Å². The number of benzene rings is 1. The standard InChI is InChI=1S/C15H22N2O3/c1-3-10(2)13(16)14(18)17-12(15(19)20)9-11-7-5-4-6-8-11/h4-8,10,12-13H,3,9,16H2,1-2H3,(H,17,18)(H,19,20)/t10?,12-,13+/m1/s1. The predicted molar refractivity (Wildman–Crippen MR) is 77.1 cm³/mol. The smallest absolute Gasteiger partial charge is 0.326 e. The second-order valence-electron chi connectivity index (χ2n) is 5.00. The van der Waals surface area contributed by atoms with Crippen LogP contribution in [0.4, 0.5) is 0 Å². The Balaban J connectivity index is 2.68. The number of aliphatic carboxylic acids is 1. The summed E-state index contributed by atoms with van der Waals surface area (Å²) in [4.78, 5) is 23.2. The monoisotopic (exact) mass is 278 g/mol. The van der Waals surface area contributed by atoms with Crippen molar-refractivity contribution in [3.8, 4) is 0 Å². The average Bonchev–Trinajstić information content (AvgIpc) is 2.45. The molecule has 1 amide bonds. The molecule has 4 N–H and O–H groups in total. The van der Waals surface area contributed by atoms with E-state index in [2.05, 4.69) is 5.32 Å². The van der Waals surface area contributed by atoms with Gasteiger partial charge in [0, 0.05) is 6.42 Å². The fraction of sp³-hybridized carbons (Fsp3) is 0.467. The molecule has 0 heterocycles. The number of carboxylic acid groups (broad SMARTS) is 1. The molecule has 5 nitrogen and oxygen atoms in total. The van der Waals surface area contributed by atoms with Crippen molar-refractivity contribution < 1.29 is 14.7 Å². The van der Waals surface area contributed by atoms with E-state index < -0.39 is 24.0 Å². The van der Waals surface area contributed by atoms with Crippen molar-refractivity contribution in [1.29, 1.82) is 0 Å². The van der Waals surface area contributed by atoms with Gasteiger partial charge in [-0.25, -0.2) is 4.79 Å². The lowest BCUT2D eigenvalue weighted by Gasteiger charge is -2.21. The molecule has 0 aromatic heterocycles. The van der Waals surface area contributed by atoms with Crippen LogP contribution in [0.25, 0.3) is 0 Å². The second kappa shape index (κ2) is 7.65. The van der Waals surface area contributed by atoms with Gasteiger partial charge in [-0.3, -0.25) is 4.79 Å². The van der Waals surface area contributed by atoms with Gasteiger partial charge in [0.1, 0.15) is 6.04 Å². The minimum Gasteiger partial charge on any atom is -0.480 e. The first-order valence-electron chi connectivity index (χ1n) is 6.78. The normalized spacial score (nSPS) is 15.2. The molecule has 5 heteroatoms. The van der Waals surface area contributed by atoms with Gasteiger partial charge in [0.25, 0.3) is 0 Å². The predicted octanol–water partition coefficient (Wildman–Crippen LogP) is 1.17. The summed E-state index contributed by atoms with van der Waals surface area (Å²) in [5, 5.41) is 11.7. The lowest BCUT2D eigenvalue weighted by atomic mass is 9.98. The van der Waals surface area contributed by atoms with Crippen molar-refractivity contribution in [3.05, 3.63) is 35.9 Å². The van der Waals surface area contributed by atoms with E-state index >= 15 is 0 Å². The fourth-order valence-electron chi connectivity index (χ4n) is 1.83. The minimum absolute atomic E-state index is 0.0150. The lowest BCUT2D eigenvalue weighted by Crippen LogP contribution is -2.51. The van der Waals surface area contributed by atoms with Crippen LogP contribution in [0.5, 0.6) is 0 Å². The lowest BCUT2D eigenvalue weighted by molar-refractivity contribution is -0.142. The summed E-state index contributed by atoms with van der Waals surface area (Å²) in [6, 6.07) is 7.55. The SMILES string of the molecule is CCC(C)[C@H](N)C(=O)N[C@H](Cc1ccccc1)C(=O)O. The van der Waals surface area contributed by atoms with E-state index in [1.165, 1.54) is 0 Å². The molecule has 1 unspecified atom stereocenters. The molecule has 110 valence electrons. The molecule has 0 aliphatic rings. The third-order valence-electron chi connectivity index (χ3n) is 3.46. The summed E-state index contributed by atoms with van der Waals surface area (Å²) in [7, 11) is 0. The Kier molecular flexibility index (Phi) is 6.18. The summed E-state index contributed by atoms with van der Waals surface area (Å²) in [6.45, 7) is 3.81. The molecule has 0 saturated carbocycles. The Morgan fingerprint density at radius 3 is 2.40 bits per heavy atom. The van der Waals surface area contributed by atoms with E-state index in [4.69, 9.17) is 5.73 Å². The highest BCUT2D eigenvalue weighted by atomic mass is 16.4. The molecule has 0 fully saturated rings. The first-order chi connectivity index (χ1) is 9.45. The molecule has 0 radical (unpaired) electrons. The van der Waals surface area contributed by atoms with Crippen molar-refractivity contribution >= 4 is 11.9 Å². The number of hydrogen-bond donors (Lipinski definition) is 3. The Labute approximate surface area is 119 Å². The van der Waals surface area contributed by atoms with Crippen LogP contribution in [0, 0.1) is 5.92 Å². The third-order valence-corrected chi connectivity index (χ3v) is 3.46. The summed E-state index contributed by atoms with van der Waals surface area (Å²) in [6.07, 6.45) is 1.01.